The van der Waals surface area contributed by atoms with Gasteiger partial charge in [0.1, 0.15) is 0 Å². The van der Waals surface area contributed by atoms with E-state index in [2.05, 4.69) is 24.1 Å². The van der Waals surface area contributed by atoms with Gasteiger partial charge >= 0.3 is 0 Å². The van der Waals surface area contributed by atoms with Crippen molar-refractivity contribution >= 4 is 0 Å². The number of aliphatic hydroxyl groups is 1. The number of rotatable bonds is 9. The second-order valence-electron chi connectivity index (χ2n) is 3.77. The first-order valence-electron chi connectivity index (χ1n) is 5.81. The Bertz CT molecular complexity index is 114. The Hall–Kier alpha value is -0.120. The van der Waals surface area contributed by atoms with Gasteiger partial charge < -0.3 is 15.3 Å². The quantitative estimate of drug-likeness (QED) is 0.549. The van der Waals surface area contributed by atoms with E-state index < -0.39 is 0 Å². The summed E-state index contributed by atoms with van der Waals surface area (Å²) < 4.78 is 0. The zero-order valence-corrected chi connectivity index (χ0v) is 9.92. The van der Waals surface area contributed by atoms with Crippen molar-refractivity contribution in [2.24, 2.45) is 0 Å². The Labute approximate surface area is 88.5 Å². The summed E-state index contributed by atoms with van der Waals surface area (Å²) in [5.41, 5.74) is 0. The van der Waals surface area contributed by atoms with Crippen LogP contribution >= 0.6 is 0 Å². The molecule has 0 aliphatic rings. The Morgan fingerprint density at radius 3 is 2.36 bits per heavy atom. The van der Waals surface area contributed by atoms with Crippen LogP contribution in [-0.2, 0) is 0 Å². The number of hydrogen-bond donors (Lipinski definition) is 2. The maximum Gasteiger partial charge on any atom is 0.0512 e. The predicted octanol–water partition coefficient (Wildman–Crippen LogP) is 1.08. The van der Waals surface area contributed by atoms with E-state index in [-0.39, 0.29) is 6.10 Å². The number of likely N-dealkylation sites (N-methyl/N-ethyl adjacent to an activating group) is 1. The van der Waals surface area contributed by atoms with Gasteiger partial charge in [-0.2, -0.15) is 0 Å². The molecule has 0 aliphatic carbocycles. The third kappa shape index (κ3) is 8.48. The van der Waals surface area contributed by atoms with E-state index in [1.165, 1.54) is 0 Å². The Kier molecular flexibility index (Phi) is 9.35. The smallest absolute Gasteiger partial charge is 0.0512 e. The fourth-order valence-electron chi connectivity index (χ4n) is 1.42. The van der Waals surface area contributed by atoms with Crippen molar-refractivity contribution in [1.82, 2.24) is 10.2 Å². The molecule has 0 amide bonds. The molecular weight excluding hydrogens is 176 g/mol. The first-order chi connectivity index (χ1) is 6.70. The molecule has 0 aliphatic heterocycles. The largest absolute Gasteiger partial charge is 0.393 e. The van der Waals surface area contributed by atoms with Gasteiger partial charge in [0, 0.05) is 13.1 Å². The van der Waals surface area contributed by atoms with Crippen molar-refractivity contribution in [3.8, 4) is 0 Å². The standard InChI is InChI=1S/C11H26N2O/c1-4-13(5-2)10-9-12-8-6-7-11(3)14/h11-12,14H,4-10H2,1-3H3. The number of nitrogens with zero attached hydrogens (tertiary/aromatic N) is 1. The summed E-state index contributed by atoms with van der Waals surface area (Å²) in [6, 6.07) is 0. The summed E-state index contributed by atoms with van der Waals surface area (Å²) in [5.74, 6) is 0. The van der Waals surface area contributed by atoms with Crippen LogP contribution in [0.2, 0.25) is 0 Å². The van der Waals surface area contributed by atoms with Gasteiger partial charge in [0.25, 0.3) is 0 Å². The summed E-state index contributed by atoms with van der Waals surface area (Å²) in [6.07, 6.45) is 1.81. The van der Waals surface area contributed by atoms with Crippen LogP contribution in [0, 0.1) is 0 Å². The lowest BCUT2D eigenvalue weighted by Crippen LogP contribution is -2.32. The van der Waals surface area contributed by atoms with Gasteiger partial charge in [-0.15, -0.1) is 0 Å². The molecule has 2 N–H and O–H groups in total. The van der Waals surface area contributed by atoms with Gasteiger partial charge in [0.2, 0.25) is 0 Å². The highest BCUT2D eigenvalue weighted by molar-refractivity contribution is 4.56. The highest BCUT2D eigenvalue weighted by atomic mass is 16.3. The number of aliphatic hydroxyl groups excluding tert-OH is 1. The molecule has 3 heteroatoms. The molecule has 0 radical (unpaired) electrons. The van der Waals surface area contributed by atoms with E-state index in [1.54, 1.807) is 0 Å². The van der Waals surface area contributed by atoms with Gasteiger partial charge in [-0.3, -0.25) is 0 Å². The lowest BCUT2D eigenvalue weighted by atomic mass is 10.2. The normalized spacial score (nSPS) is 13.5. The van der Waals surface area contributed by atoms with Gasteiger partial charge in [0.15, 0.2) is 0 Å². The second-order valence-corrected chi connectivity index (χ2v) is 3.77. The molecular formula is C11H26N2O. The average Bonchev–Trinajstić information content (AvgIpc) is 2.16. The molecule has 1 unspecified atom stereocenters. The van der Waals surface area contributed by atoms with Crippen LogP contribution in [0.1, 0.15) is 33.6 Å². The SMILES string of the molecule is CCN(CC)CCNCCCC(C)O. The van der Waals surface area contributed by atoms with Gasteiger partial charge in [-0.05, 0) is 39.4 Å². The van der Waals surface area contributed by atoms with Gasteiger partial charge in [-0.1, -0.05) is 13.8 Å². The van der Waals surface area contributed by atoms with E-state index in [0.29, 0.717) is 0 Å². The number of nitrogens with one attached hydrogen (secondary N) is 1. The molecule has 0 aromatic rings. The van der Waals surface area contributed by atoms with Crippen LogP contribution < -0.4 is 5.32 Å². The minimum Gasteiger partial charge on any atom is -0.393 e. The number of hydrogen-bond acceptors (Lipinski definition) is 3. The Morgan fingerprint density at radius 2 is 1.86 bits per heavy atom. The van der Waals surface area contributed by atoms with Crippen molar-refractivity contribution < 1.29 is 5.11 Å². The molecule has 0 aromatic carbocycles. The summed E-state index contributed by atoms with van der Waals surface area (Å²) in [7, 11) is 0. The molecule has 0 spiro atoms. The van der Waals surface area contributed by atoms with Crippen LogP contribution in [0.3, 0.4) is 0 Å². The van der Waals surface area contributed by atoms with Crippen molar-refractivity contribution in [3.05, 3.63) is 0 Å². The predicted molar refractivity (Wildman–Crippen MR) is 61.6 cm³/mol. The molecule has 3 nitrogen and oxygen atoms in total. The third-order valence-corrected chi connectivity index (χ3v) is 2.47. The van der Waals surface area contributed by atoms with E-state index in [9.17, 15) is 0 Å². The lowest BCUT2D eigenvalue weighted by Gasteiger charge is -2.18. The monoisotopic (exact) mass is 202 g/mol. The molecule has 0 aromatic heterocycles. The maximum absolute atomic E-state index is 9.04. The van der Waals surface area contributed by atoms with Crippen LogP contribution in [0.4, 0.5) is 0 Å². The summed E-state index contributed by atoms with van der Waals surface area (Å²) in [5, 5.41) is 12.4. The molecule has 14 heavy (non-hydrogen) atoms. The fourth-order valence-corrected chi connectivity index (χ4v) is 1.42. The van der Waals surface area contributed by atoms with Gasteiger partial charge in [0.05, 0.1) is 6.10 Å². The Morgan fingerprint density at radius 1 is 1.21 bits per heavy atom. The molecule has 0 saturated heterocycles. The molecule has 86 valence electrons. The van der Waals surface area contributed by atoms with Crippen molar-refractivity contribution in [2.45, 2.75) is 39.7 Å². The molecule has 0 heterocycles. The Balaban J connectivity index is 3.12. The summed E-state index contributed by atoms with van der Waals surface area (Å²) in [4.78, 5) is 2.40. The van der Waals surface area contributed by atoms with Crippen molar-refractivity contribution in [1.29, 1.82) is 0 Å². The summed E-state index contributed by atoms with van der Waals surface area (Å²) >= 11 is 0. The van der Waals surface area contributed by atoms with Crippen LogP contribution in [0.5, 0.6) is 0 Å². The van der Waals surface area contributed by atoms with E-state index in [4.69, 9.17) is 5.11 Å². The van der Waals surface area contributed by atoms with E-state index in [0.717, 1.165) is 45.6 Å². The highest BCUT2D eigenvalue weighted by Crippen LogP contribution is 1.93. The van der Waals surface area contributed by atoms with Gasteiger partial charge in [-0.25, -0.2) is 0 Å². The zero-order chi connectivity index (χ0) is 10.8. The molecule has 1 atom stereocenters. The topological polar surface area (TPSA) is 35.5 Å². The van der Waals surface area contributed by atoms with Crippen LogP contribution in [-0.4, -0.2) is 48.8 Å². The lowest BCUT2D eigenvalue weighted by molar-refractivity contribution is 0.181. The second kappa shape index (κ2) is 9.44. The molecule has 0 bridgehead atoms. The fraction of sp³-hybridized carbons (Fsp3) is 1.00. The third-order valence-electron chi connectivity index (χ3n) is 2.47. The van der Waals surface area contributed by atoms with Crippen molar-refractivity contribution in [2.75, 3.05) is 32.7 Å². The highest BCUT2D eigenvalue weighted by Gasteiger charge is 1.98. The average molecular weight is 202 g/mol. The minimum atomic E-state index is -0.153. The molecule has 0 fully saturated rings. The first kappa shape index (κ1) is 13.9. The van der Waals surface area contributed by atoms with Crippen LogP contribution in [0.25, 0.3) is 0 Å². The van der Waals surface area contributed by atoms with Crippen LogP contribution in [0.15, 0.2) is 0 Å². The molecule has 0 rings (SSSR count). The first-order valence-corrected chi connectivity index (χ1v) is 5.81. The zero-order valence-electron chi connectivity index (χ0n) is 9.92. The minimum absolute atomic E-state index is 0.153. The van der Waals surface area contributed by atoms with Crippen molar-refractivity contribution in [3.63, 3.8) is 0 Å². The summed E-state index contributed by atoms with van der Waals surface area (Å²) in [6.45, 7) is 11.7. The maximum atomic E-state index is 9.04. The van der Waals surface area contributed by atoms with E-state index >= 15 is 0 Å². The van der Waals surface area contributed by atoms with E-state index in [1.807, 2.05) is 6.92 Å². The molecule has 0 saturated carbocycles.